The fourth-order valence-corrected chi connectivity index (χ4v) is 5.20. The Balaban J connectivity index is 1.73. The minimum absolute atomic E-state index is 0.0480. The Morgan fingerprint density at radius 1 is 1.09 bits per heavy atom. The molecule has 1 aliphatic carbocycles. The normalized spacial score (nSPS) is 21.6. The molecule has 2 fully saturated rings. The number of hydrogen-bond donors (Lipinski definition) is 0. The van der Waals surface area contributed by atoms with Crippen molar-refractivity contribution in [2.24, 2.45) is 17.8 Å². The number of amides is 3. The molecule has 2 aromatic rings. The molecule has 9 nitrogen and oxygen atoms in total. The number of benzene rings is 2. The lowest BCUT2D eigenvalue weighted by molar-refractivity contribution is -0.384. The summed E-state index contributed by atoms with van der Waals surface area (Å²) in [5.74, 6) is -3.55. The molecule has 1 saturated carbocycles. The Labute approximate surface area is 210 Å². The van der Waals surface area contributed by atoms with E-state index in [0.717, 1.165) is 22.5 Å². The maximum absolute atomic E-state index is 13.5. The molecule has 0 unspecified atom stereocenters. The fourth-order valence-electron chi connectivity index (χ4n) is 4.68. The van der Waals surface area contributed by atoms with Crippen molar-refractivity contribution in [2.75, 3.05) is 6.54 Å². The molecule has 182 valence electrons. The molecule has 35 heavy (non-hydrogen) atoms. The number of nitro groups is 1. The Morgan fingerprint density at radius 3 is 2.49 bits per heavy atom. The number of carbonyl (C=O) groups is 4. The number of fused-ring (bicyclic) bond motifs is 1. The first kappa shape index (κ1) is 24.8. The molecule has 1 saturated heterocycles. The molecule has 0 N–H and O–H groups in total. The zero-order valence-electron chi connectivity index (χ0n) is 18.6. The van der Waals surface area contributed by atoms with Crippen LogP contribution in [-0.4, -0.2) is 45.0 Å². The zero-order chi connectivity index (χ0) is 25.4. The first-order valence-corrected chi connectivity index (χ1v) is 11.8. The average molecular weight is 518 g/mol. The largest absolute Gasteiger partial charge is 0.292 e. The van der Waals surface area contributed by atoms with Crippen LogP contribution in [0.1, 0.15) is 46.9 Å². The molecule has 4 rings (SSSR count). The number of hydrazine groups is 1. The summed E-state index contributed by atoms with van der Waals surface area (Å²) in [4.78, 5) is 63.8. The molecular formula is C24H21Cl2N3O6. The smallest absolute Gasteiger partial charge is 0.273 e. The summed E-state index contributed by atoms with van der Waals surface area (Å²) in [5.41, 5.74) is -0.430. The first-order chi connectivity index (χ1) is 16.6. The second kappa shape index (κ2) is 9.75. The molecule has 1 aliphatic heterocycles. The van der Waals surface area contributed by atoms with Gasteiger partial charge < -0.3 is 0 Å². The lowest BCUT2D eigenvalue weighted by Gasteiger charge is -2.30. The van der Waals surface area contributed by atoms with Crippen molar-refractivity contribution in [3.8, 4) is 0 Å². The molecule has 11 heteroatoms. The molecule has 2 aliphatic rings. The van der Waals surface area contributed by atoms with Gasteiger partial charge in [-0.2, -0.15) is 5.01 Å². The highest BCUT2D eigenvalue weighted by Gasteiger charge is 2.53. The van der Waals surface area contributed by atoms with Crippen LogP contribution in [0.25, 0.3) is 0 Å². The topological polar surface area (TPSA) is 118 Å². The summed E-state index contributed by atoms with van der Waals surface area (Å²) >= 11 is 12.1. The van der Waals surface area contributed by atoms with E-state index in [-0.39, 0.29) is 27.8 Å². The van der Waals surface area contributed by atoms with Crippen molar-refractivity contribution in [1.82, 2.24) is 10.0 Å². The molecule has 3 amide bonds. The van der Waals surface area contributed by atoms with Crippen molar-refractivity contribution in [3.63, 3.8) is 0 Å². The minimum atomic E-state index is -0.888. The van der Waals surface area contributed by atoms with E-state index in [1.807, 2.05) is 6.92 Å². The van der Waals surface area contributed by atoms with E-state index in [2.05, 4.69) is 0 Å². The standard InChI is InChI=1S/C24H21Cl2N3O6/c1-13-5-7-17-19(9-13)24(33)28(23(17)32)27(12-21(30)18-8-6-15(25)11-20(18)26)22(31)14-3-2-4-16(10-14)29(34)35/h2-4,6,8,10-11,13,17,19H,5,7,9,12H2,1H3/t13-,17-,19+/m1/s1. The van der Waals surface area contributed by atoms with E-state index in [0.29, 0.717) is 17.9 Å². The second-order valence-corrected chi connectivity index (χ2v) is 9.68. The monoisotopic (exact) mass is 517 g/mol. The van der Waals surface area contributed by atoms with Crippen molar-refractivity contribution >= 4 is 52.4 Å². The molecule has 0 aromatic heterocycles. The Hall–Kier alpha value is -3.30. The lowest BCUT2D eigenvalue weighted by Crippen LogP contribution is -2.52. The molecular weight excluding hydrogens is 497 g/mol. The summed E-state index contributed by atoms with van der Waals surface area (Å²) < 4.78 is 0. The van der Waals surface area contributed by atoms with Crippen LogP contribution in [-0.2, 0) is 9.59 Å². The zero-order valence-corrected chi connectivity index (χ0v) is 20.2. The van der Waals surface area contributed by atoms with Gasteiger partial charge in [-0.1, -0.05) is 36.2 Å². The van der Waals surface area contributed by atoms with Crippen molar-refractivity contribution < 1.29 is 24.1 Å². The predicted molar refractivity (Wildman–Crippen MR) is 127 cm³/mol. The van der Waals surface area contributed by atoms with E-state index in [1.165, 1.54) is 36.4 Å². The quantitative estimate of drug-likeness (QED) is 0.240. The lowest BCUT2D eigenvalue weighted by atomic mass is 9.76. The summed E-state index contributed by atoms with van der Waals surface area (Å²) in [6.07, 6.45) is 1.77. The second-order valence-electron chi connectivity index (χ2n) is 8.84. The fraction of sp³-hybridized carbons (Fsp3) is 0.333. The van der Waals surface area contributed by atoms with Gasteiger partial charge in [0.25, 0.3) is 23.4 Å². The molecule has 3 atom stereocenters. The van der Waals surface area contributed by atoms with Gasteiger partial charge in [-0.3, -0.25) is 29.3 Å². The van der Waals surface area contributed by atoms with Gasteiger partial charge in [-0.25, -0.2) is 5.01 Å². The molecule has 0 spiro atoms. The van der Waals surface area contributed by atoms with Gasteiger partial charge >= 0.3 is 0 Å². The number of Topliss-reactive ketones (excluding diaryl/α,β-unsaturated/α-hetero) is 1. The highest BCUT2D eigenvalue weighted by molar-refractivity contribution is 6.37. The van der Waals surface area contributed by atoms with Gasteiger partial charge in [0.05, 0.1) is 21.8 Å². The van der Waals surface area contributed by atoms with E-state index < -0.39 is 46.8 Å². The highest BCUT2D eigenvalue weighted by Crippen LogP contribution is 2.41. The van der Waals surface area contributed by atoms with Crippen LogP contribution in [0, 0.1) is 27.9 Å². The van der Waals surface area contributed by atoms with E-state index in [4.69, 9.17) is 23.2 Å². The van der Waals surface area contributed by atoms with E-state index in [9.17, 15) is 29.3 Å². The number of imide groups is 1. The summed E-state index contributed by atoms with van der Waals surface area (Å²) in [6, 6.07) is 9.09. The van der Waals surface area contributed by atoms with Crippen molar-refractivity contribution in [2.45, 2.75) is 26.2 Å². The van der Waals surface area contributed by atoms with Crippen LogP contribution in [0.5, 0.6) is 0 Å². The molecule has 0 radical (unpaired) electrons. The van der Waals surface area contributed by atoms with Crippen LogP contribution in [0.4, 0.5) is 5.69 Å². The number of nitro benzene ring substituents is 1. The van der Waals surface area contributed by atoms with Crippen molar-refractivity contribution in [3.05, 3.63) is 73.8 Å². The number of nitrogens with zero attached hydrogens (tertiary/aromatic N) is 3. The summed E-state index contributed by atoms with van der Waals surface area (Å²) in [6.45, 7) is 1.32. The number of hydrogen-bond acceptors (Lipinski definition) is 6. The predicted octanol–water partition coefficient (Wildman–Crippen LogP) is 4.56. The van der Waals surface area contributed by atoms with Crippen LogP contribution in [0.2, 0.25) is 10.0 Å². The van der Waals surface area contributed by atoms with Gasteiger partial charge in [-0.05, 0) is 49.4 Å². The van der Waals surface area contributed by atoms with Crippen LogP contribution in [0.15, 0.2) is 42.5 Å². The third-order valence-corrected chi connectivity index (χ3v) is 7.02. The van der Waals surface area contributed by atoms with E-state index >= 15 is 0 Å². The Morgan fingerprint density at radius 2 is 1.80 bits per heavy atom. The SMILES string of the molecule is C[C@@H]1CC[C@H]2C(=O)N(N(CC(=O)c3ccc(Cl)cc3Cl)C(=O)c3cccc([N+](=O)[O-])c3)C(=O)[C@H]2C1. The Kier molecular flexibility index (Phi) is 6.91. The number of rotatable bonds is 6. The highest BCUT2D eigenvalue weighted by atomic mass is 35.5. The number of carbonyl (C=O) groups excluding carboxylic acids is 4. The van der Waals surface area contributed by atoms with Crippen LogP contribution >= 0.6 is 23.2 Å². The van der Waals surface area contributed by atoms with Gasteiger partial charge in [0.15, 0.2) is 5.78 Å². The first-order valence-electron chi connectivity index (χ1n) is 11.0. The third kappa shape index (κ3) is 4.78. The van der Waals surface area contributed by atoms with Crippen molar-refractivity contribution in [1.29, 1.82) is 0 Å². The van der Waals surface area contributed by atoms with E-state index in [1.54, 1.807) is 0 Å². The third-order valence-electron chi connectivity index (χ3n) is 6.47. The summed E-state index contributed by atoms with van der Waals surface area (Å²) in [5, 5.41) is 13.1. The molecule has 0 bridgehead atoms. The number of ketones is 1. The van der Waals surface area contributed by atoms with Gasteiger partial charge in [0.2, 0.25) is 0 Å². The van der Waals surface area contributed by atoms with Gasteiger partial charge in [0, 0.05) is 28.3 Å². The number of non-ortho nitro benzene ring substituents is 1. The number of halogens is 2. The van der Waals surface area contributed by atoms with Gasteiger partial charge in [0.1, 0.15) is 6.54 Å². The van der Waals surface area contributed by atoms with Gasteiger partial charge in [-0.15, -0.1) is 0 Å². The maximum atomic E-state index is 13.5. The minimum Gasteiger partial charge on any atom is -0.292 e. The average Bonchev–Trinajstić information content (AvgIpc) is 3.06. The molecule has 2 aromatic carbocycles. The maximum Gasteiger partial charge on any atom is 0.273 e. The molecule has 1 heterocycles. The van der Waals surface area contributed by atoms with Crippen LogP contribution in [0.3, 0.4) is 0 Å². The summed E-state index contributed by atoms with van der Waals surface area (Å²) in [7, 11) is 0. The Bertz CT molecular complexity index is 1250. The van der Waals surface area contributed by atoms with Crippen LogP contribution < -0.4 is 0 Å².